The molecule has 1 aromatic heterocycles. The zero-order valence-electron chi connectivity index (χ0n) is 23.6. The molecule has 4 N–H and O–H groups in total. The van der Waals surface area contributed by atoms with Crippen molar-refractivity contribution in [2.24, 2.45) is 5.41 Å². The second-order valence-electron chi connectivity index (χ2n) is 11.4. The Balaban J connectivity index is 1.42. The lowest BCUT2D eigenvalue weighted by Gasteiger charge is -2.33. The molecule has 1 aromatic carbocycles. The van der Waals surface area contributed by atoms with E-state index >= 15 is 0 Å². The fourth-order valence-corrected chi connectivity index (χ4v) is 5.76. The number of nitrogens with one attached hydrogen (secondary N) is 3. The standard InChI is InChI=1S/C30H39ClF3N5O2/c1-3-22-23(5-4-6-26(22)38-19-29(17-35)11-13-41-14-12-29)24-15-27(36-16-25(24)31)39-21-9-7-20(8-10-21)37-18-28(2,40)30(32,33)34/h4-6,15-16,20-21,37-38,40H,3,7-14,18-19H2,1-2H3,(H,36,39). The summed E-state index contributed by atoms with van der Waals surface area (Å²) in [5.74, 6) is 0.687. The van der Waals surface area contributed by atoms with Crippen LogP contribution in [0.4, 0.5) is 24.7 Å². The number of pyridine rings is 1. The molecular weight excluding hydrogens is 555 g/mol. The highest BCUT2D eigenvalue weighted by molar-refractivity contribution is 6.33. The Hall–Kier alpha value is -2.58. The van der Waals surface area contributed by atoms with Gasteiger partial charge in [-0.25, -0.2) is 4.98 Å². The molecule has 11 heteroatoms. The molecule has 1 saturated heterocycles. The smallest absolute Gasteiger partial charge is 0.383 e. The molecular formula is C30H39ClF3N5O2. The van der Waals surface area contributed by atoms with Crippen LogP contribution in [0.2, 0.25) is 5.02 Å². The van der Waals surface area contributed by atoms with Crippen molar-refractivity contribution in [3.8, 4) is 17.2 Å². The van der Waals surface area contributed by atoms with E-state index in [1.807, 2.05) is 24.3 Å². The molecule has 4 rings (SSSR count). The van der Waals surface area contributed by atoms with Crippen LogP contribution in [-0.2, 0) is 11.2 Å². The minimum absolute atomic E-state index is 0.0840. The van der Waals surface area contributed by atoms with Crippen LogP contribution in [0, 0.1) is 16.7 Å². The average molecular weight is 594 g/mol. The van der Waals surface area contributed by atoms with Gasteiger partial charge in [-0.1, -0.05) is 30.7 Å². The molecule has 1 aliphatic heterocycles. The summed E-state index contributed by atoms with van der Waals surface area (Å²) in [7, 11) is 0. The van der Waals surface area contributed by atoms with Gasteiger partial charge >= 0.3 is 6.18 Å². The fourth-order valence-electron chi connectivity index (χ4n) is 5.56. The van der Waals surface area contributed by atoms with E-state index in [4.69, 9.17) is 16.3 Å². The topological polar surface area (TPSA) is 102 Å². The number of hydrogen-bond donors (Lipinski definition) is 4. The van der Waals surface area contributed by atoms with Crippen LogP contribution in [0.5, 0.6) is 0 Å². The number of halogens is 4. The predicted molar refractivity (Wildman–Crippen MR) is 155 cm³/mol. The molecule has 2 aromatic rings. The van der Waals surface area contributed by atoms with Crippen molar-refractivity contribution in [2.45, 2.75) is 82.7 Å². The summed E-state index contributed by atoms with van der Waals surface area (Å²) in [5, 5.41) is 30.0. The van der Waals surface area contributed by atoms with Gasteiger partial charge in [0.1, 0.15) is 5.82 Å². The second-order valence-corrected chi connectivity index (χ2v) is 11.8. The first-order valence-corrected chi connectivity index (χ1v) is 14.6. The number of ether oxygens (including phenoxy) is 1. The van der Waals surface area contributed by atoms with E-state index in [1.54, 1.807) is 6.20 Å². The van der Waals surface area contributed by atoms with E-state index in [1.165, 1.54) is 0 Å². The second kappa shape index (κ2) is 13.2. The molecule has 224 valence electrons. The number of benzene rings is 1. The van der Waals surface area contributed by atoms with Gasteiger partial charge < -0.3 is 25.8 Å². The van der Waals surface area contributed by atoms with Crippen molar-refractivity contribution in [2.75, 3.05) is 36.9 Å². The van der Waals surface area contributed by atoms with Gasteiger partial charge in [0.15, 0.2) is 5.60 Å². The highest BCUT2D eigenvalue weighted by Gasteiger charge is 2.49. The fraction of sp³-hybridized carbons (Fsp3) is 0.600. The molecule has 0 spiro atoms. The molecule has 0 bridgehead atoms. The number of alkyl halides is 3. The first-order chi connectivity index (χ1) is 19.5. The third-order valence-electron chi connectivity index (χ3n) is 8.40. The summed E-state index contributed by atoms with van der Waals surface area (Å²) in [6, 6.07) is 10.5. The van der Waals surface area contributed by atoms with Gasteiger partial charge in [0, 0.05) is 55.8 Å². The zero-order chi connectivity index (χ0) is 29.7. The largest absolute Gasteiger partial charge is 0.418 e. The van der Waals surface area contributed by atoms with Gasteiger partial charge in [-0.15, -0.1) is 0 Å². The number of hydrogen-bond acceptors (Lipinski definition) is 7. The normalized spacial score (nSPS) is 22.4. The Morgan fingerprint density at radius 3 is 2.46 bits per heavy atom. The van der Waals surface area contributed by atoms with Gasteiger partial charge in [0.05, 0.1) is 16.5 Å². The Bertz CT molecular complexity index is 1220. The summed E-state index contributed by atoms with van der Waals surface area (Å²) >= 11 is 6.64. The van der Waals surface area contributed by atoms with Crippen LogP contribution in [0.25, 0.3) is 11.1 Å². The van der Waals surface area contributed by atoms with Gasteiger partial charge in [0.2, 0.25) is 0 Å². The Morgan fingerprint density at radius 1 is 1.15 bits per heavy atom. The molecule has 41 heavy (non-hydrogen) atoms. The Morgan fingerprint density at radius 2 is 1.83 bits per heavy atom. The van der Waals surface area contributed by atoms with Crippen LogP contribution >= 0.6 is 11.6 Å². The number of anilines is 2. The molecule has 1 aliphatic carbocycles. The minimum atomic E-state index is -4.67. The molecule has 2 aliphatic rings. The molecule has 1 unspecified atom stereocenters. The Labute approximate surface area is 244 Å². The summed E-state index contributed by atoms with van der Waals surface area (Å²) < 4.78 is 44.3. The first kappa shape index (κ1) is 31.4. The molecule has 7 nitrogen and oxygen atoms in total. The summed E-state index contributed by atoms with van der Waals surface area (Å²) in [6.07, 6.45) is 2.04. The molecule has 1 atom stereocenters. The third kappa shape index (κ3) is 7.63. The van der Waals surface area contributed by atoms with Crippen molar-refractivity contribution in [1.29, 1.82) is 5.26 Å². The summed E-state index contributed by atoms with van der Waals surface area (Å²) in [4.78, 5) is 4.49. The maximum atomic E-state index is 13.0. The van der Waals surface area contributed by atoms with Crippen LogP contribution in [0.3, 0.4) is 0 Å². The third-order valence-corrected chi connectivity index (χ3v) is 8.71. The first-order valence-electron chi connectivity index (χ1n) is 14.3. The van der Waals surface area contributed by atoms with Gasteiger partial charge in [-0.05, 0) is 75.1 Å². The summed E-state index contributed by atoms with van der Waals surface area (Å²) in [6.45, 7) is 4.09. The van der Waals surface area contributed by atoms with E-state index < -0.39 is 23.7 Å². The lowest BCUT2D eigenvalue weighted by atomic mass is 9.81. The van der Waals surface area contributed by atoms with E-state index in [9.17, 15) is 23.5 Å². The molecule has 2 heterocycles. The monoisotopic (exact) mass is 593 g/mol. The Kier molecular flexibility index (Phi) is 10.1. The van der Waals surface area contributed by atoms with Crippen LogP contribution in [0.1, 0.15) is 57.9 Å². The van der Waals surface area contributed by atoms with Gasteiger partial charge in [-0.3, -0.25) is 0 Å². The molecule has 0 amide bonds. The van der Waals surface area contributed by atoms with Gasteiger partial charge in [-0.2, -0.15) is 18.4 Å². The lowest BCUT2D eigenvalue weighted by molar-refractivity contribution is -0.250. The van der Waals surface area contributed by atoms with Gasteiger partial charge in [0.25, 0.3) is 0 Å². The maximum Gasteiger partial charge on any atom is 0.418 e. The SMILES string of the molecule is CCc1c(NCC2(C#N)CCOCC2)cccc1-c1cc(NC2CCC(NCC(C)(O)C(F)(F)F)CC2)ncc1Cl. The minimum Gasteiger partial charge on any atom is -0.383 e. The summed E-state index contributed by atoms with van der Waals surface area (Å²) in [5.41, 5.74) is 0.732. The number of aromatic nitrogens is 1. The molecule has 2 fully saturated rings. The number of aliphatic hydroxyl groups is 1. The van der Waals surface area contributed by atoms with E-state index in [-0.39, 0.29) is 12.1 Å². The van der Waals surface area contributed by atoms with E-state index in [0.717, 1.165) is 48.6 Å². The van der Waals surface area contributed by atoms with Crippen molar-refractivity contribution < 1.29 is 23.0 Å². The molecule has 0 radical (unpaired) electrons. The zero-order valence-corrected chi connectivity index (χ0v) is 24.3. The predicted octanol–water partition coefficient (Wildman–Crippen LogP) is 6.32. The van der Waals surface area contributed by atoms with Crippen molar-refractivity contribution in [3.63, 3.8) is 0 Å². The molecule has 1 saturated carbocycles. The van der Waals surface area contributed by atoms with Crippen LogP contribution in [-0.4, -0.2) is 60.3 Å². The highest BCUT2D eigenvalue weighted by atomic mass is 35.5. The van der Waals surface area contributed by atoms with Crippen molar-refractivity contribution >= 4 is 23.1 Å². The lowest BCUT2D eigenvalue weighted by Crippen LogP contribution is -2.52. The average Bonchev–Trinajstić information content (AvgIpc) is 2.96. The van der Waals surface area contributed by atoms with E-state index in [2.05, 4.69) is 33.9 Å². The van der Waals surface area contributed by atoms with Crippen LogP contribution < -0.4 is 16.0 Å². The van der Waals surface area contributed by atoms with Crippen molar-refractivity contribution in [1.82, 2.24) is 10.3 Å². The highest BCUT2D eigenvalue weighted by Crippen LogP contribution is 2.37. The maximum absolute atomic E-state index is 13.0. The van der Waals surface area contributed by atoms with E-state index in [0.29, 0.717) is 56.3 Å². The number of nitrogens with zero attached hydrogens (tertiary/aromatic N) is 2. The quantitative estimate of drug-likeness (QED) is 0.256. The van der Waals surface area contributed by atoms with Crippen LogP contribution in [0.15, 0.2) is 30.5 Å². The number of nitriles is 1. The van der Waals surface area contributed by atoms with Crippen molar-refractivity contribution in [3.05, 3.63) is 41.0 Å². The number of rotatable bonds is 10.